The quantitative estimate of drug-likeness (QED) is 0.0165. The zero-order valence-corrected chi connectivity index (χ0v) is 51.0. The monoisotopic (exact) mass is 1200 g/mol. The summed E-state index contributed by atoms with van der Waals surface area (Å²) in [5, 5.41) is 14.4. The summed E-state index contributed by atoms with van der Waals surface area (Å²) in [6.07, 6.45) is 17.9. The maximum atomic E-state index is 14.8. The molecule has 0 bridgehead atoms. The van der Waals surface area contributed by atoms with Gasteiger partial charge in [0.15, 0.2) is 11.7 Å². The van der Waals surface area contributed by atoms with Gasteiger partial charge in [-0.15, -0.1) is 0 Å². The number of guanidine groups is 1. The summed E-state index contributed by atoms with van der Waals surface area (Å²) in [5.74, 6) is -9.17. The Hall–Kier alpha value is -8.56. The van der Waals surface area contributed by atoms with E-state index in [0.29, 0.717) is 24.1 Å². The third-order valence-corrected chi connectivity index (χ3v) is 15.0. The Morgan fingerprint density at radius 1 is 0.770 bits per heavy atom. The molecular formula is C65H92N12O10. The Labute approximate surface area is 510 Å². The zero-order valence-electron chi connectivity index (χ0n) is 51.0. The summed E-state index contributed by atoms with van der Waals surface area (Å²) in [7, 11) is 0. The molecule has 1 aliphatic heterocycles. The number of nitrogens with two attached hydrogens (primary N) is 3. The Morgan fingerprint density at radius 3 is 2.13 bits per heavy atom. The summed E-state index contributed by atoms with van der Waals surface area (Å²) >= 11 is 0. The molecule has 0 saturated carbocycles. The van der Waals surface area contributed by atoms with Crippen molar-refractivity contribution < 1.29 is 47.9 Å². The molecule has 1 saturated heterocycles. The molecule has 22 heteroatoms. The fraction of sp³-hybridized carbons (Fsp3) is 0.508. The predicted octanol–water partition coefficient (Wildman–Crippen LogP) is 5.68. The van der Waals surface area contributed by atoms with Gasteiger partial charge in [-0.1, -0.05) is 106 Å². The van der Waals surface area contributed by atoms with Crippen molar-refractivity contribution in [2.75, 3.05) is 13.1 Å². The molecule has 1 fully saturated rings. The van der Waals surface area contributed by atoms with Crippen LogP contribution in [-0.2, 0) is 67.2 Å². The average molecular weight is 1200 g/mol. The number of carbonyl (C=O) groups excluding carboxylic acids is 10. The maximum Gasteiger partial charge on any atom is 0.243 e. The summed E-state index contributed by atoms with van der Waals surface area (Å²) in [6, 6.07) is 11.2. The third-order valence-electron chi connectivity index (χ3n) is 15.0. The first-order valence-electron chi connectivity index (χ1n) is 30.6. The number of aliphatic imine (C=N–C) groups is 1. The molecule has 0 spiro atoms. The van der Waals surface area contributed by atoms with Gasteiger partial charge in [-0.05, 0) is 87.8 Å². The van der Waals surface area contributed by atoms with Crippen molar-refractivity contribution in [3.8, 4) is 0 Å². The molecule has 1 aliphatic rings. The number of benzene rings is 2. The first-order valence-corrected chi connectivity index (χ1v) is 30.6. The van der Waals surface area contributed by atoms with E-state index in [4.69, 9.17) is 17.2 Å². The van der Waals surface area contributed by atoms with Gasteiger partial charge in [0.2, 0.25) is 35.4 Å². The van der Waals surface area contributed by atoms with E-state index in [1.165, 1.54) is 32.3 Å². The van der Waals surface area contributed by atoms with Gasteiger partial charge < -0.3 is 53.8 Å². The van der Waals surface area contributed by atoms with Crippen molar-refractivity contribution in [1.82, 2.24) is 41.5 Å². The smallest absolute Gasteiger partial charge is 0.243 e. The molecule has 87 heavy (non-hydrogen) atoms. The van der Waals surface area contributed by atoms with E-state index in [9.17, 15) is 47.9 Å². The van der Waals surface area contributed by atoms with Crippen molar-refractivity contribution in [2.45, 2.75) is 180 Å². The number of nitrogens with one attached hydrogen (secondary N) is 7. The molecule has 0 radical (unpaired) electrons. The van der Waals surface area contributed by atoms with E-state index in [-0.39, 0.29) is 103 Å². The van der Waals surface area contributed by atoms with Crippen molar-refractivity contribution in [2.24, 2.45) is 39.9 Å². The lowest BCUT2D eigenvalue weighted by atomic mass is 9.81. The van der Waals surface area contributed by atoms with E-state index < -0.39 is 107 Å². The first kappa shape index (κ1) is 70.9. The van der Waals surface area contributed by atoms with E-state index in [0.717, 1.165) is 29.3 Å². The number of rotatable bonds is 25. The van der Waals surface area contributed by atoms with E-state index >= 15 is 0 Å². The van der Waals surface area contributed by atoms with E-state index in [2.05, 4.69) is 84.7 Å². The molecule has 3 heterocycles. The van der Waals surface area contributed by atoms with Gasteiger partial charge in [0, 0.05) is 112 Å². The van der Waals surface area contributed by atoms with Crippen LogP contribution in [0.15, 0.2) is 103 Å². The number of primary amides is 1. The van der Waals surface area contributed by atoms with Gasteiger partial charge in [-0.25, -0.2) is 4.98 Å². The van der Waals surface area contributed by atoms with Crippen LogP contribution in [0.2, 0.25) is 0 Å². The highest BCUT2D eigenvalue weighted by molar-refractivity contribution is 5.98. The number of allylic oxidation sites excluding steroid dienone is 4. The predicted molar refractivity (Wildman–Crippen MR) is 335 cm³/mol. The van der Waals surface area contributed by atoms with Crippen LogP contribution in [0.1, 0.15) is 154 Å². The Bertz CT molecular complexity index is 2940. The van der Waals surface area contributed by atoms with Crippen LogP contribution in [0.3, 0.4) is 0 Å². The van der Waals surface area contributed by atoms with Crippen LogP contribution >= 0.6 is 0 Å². The number of hydrogen-bond donors (Lipinski definition) is 10. The fourth-order valence-electron chi connectivity index (χ4n) is 10.2. The molecule has 7 atom stereocenters. The summed E-state index contributed by atoms with van der Waals surface area (Å²) in [6.45, 7) is 7.51. The van der Waals surface area contributed by atoms with Crippen molar-refractivity contribution in [3.05, 3.63) is 114 Å². The number of ketones is 4. The largest absolute Gasteiger partial charge is 0.370 e. The second kappa shape index (κ2) is 39.2. The standard InChI is InChI=1S/C55H74N12O10.C10H18/c1-3-4-15-43(64-33(2)68)52(75)65-44-19-17-40(69)18-20-50(73)60-23-21-36(48(71)28-37(51(56)74)25-38-30-62-42-16-9-8-14-41(38)42)26-47(70)35(13-10-22-61-55(57)58)27-49(72)45(24-34-11-6-5-7-12-34)66-54(77)46(67-53(44)76)29-39-31-59-32-63-39;1-3-5-7-9-10-8-6-4-2/h5-9,11-12,14,16,30-32,35-37,43-46,62H,3-4,10,13,15,17-29H2,1-2H3,(H2,56,74)(H,59,63)(H,60,73)(H,64,68)(H,65,75)(H,66,77)(H,67,76)(H4,57,58,61);5-8H,3-4,9-10H2,1-2H3/t35-,36-,37-,43+,44+,45-,46+;/m1./s1. The van der Waals surface area contributed by atoms with Gasteiger partial charge in [0.05, 0.1) is 12.4 Å². The number of imidazole rings is 1. The Morgan fingerprint density at radius 2 is 1.47 bits per heavy atom. The number of para-hydroxylation sites is 1. The lowest BCUT2D eigenvalue weighted by Gasteiger charge is -2.27. The molecule has 5 rings (SSSR count). The molecule has 472 valence electrons. The second-order valence-electron chi connectivity index (χ2n) is 22.1. The van der Waals surface area contributed by atoms with Gasteiger partial charge >= 0.3 is 0 Å². The number of aromatic nitrogens is 3. The lowest BCUT2D eigenvalue weighted by molar-refractivity contribution is -0.135. The number of nitrogens with zero attached hydrogens (tertiary/aromatic N) is 2. The minimum Gasteiger partial charge on any atom is -0.370 e. The van der Waals surface area contributed by atoms with Gasteiger partial charge in [-0.2, -0.15) is 0 Å². The summed E-state index contributed by atoms with van der Waals surface area (Å²) < 4.78 is 0. The normalized spacial score (nSPS) is 19.5. The zero-order chi connectivity index (χ0) is 63.5. The topological polar surface area (TPSA) is 366 Å². The maximum absolute atomic E-state index is 14.8. The molecule has 2 aromatic carbocycles. The van der Waals surface area contributed by atoms with E-state index in [1.54, 1.807) is 36.5 Å². The lowest BCUT2D eigenvalue weighted by Crippen LogP contribution is -2.58. The number of unbranched alkanes of at least 4 members (excludes halogenated alkanes) is 2. The number of Topliss-reactive ketones (excluding diaryl/α,β-unsaturated/α-hetero) is 4. The molecule has 2 aromatic heterocycles. The van der Waals surface area contributed by atoms with Crippen LogP contribution in [0.5, 0.6) is 0 Å². The second-order valence-corrected chi connectivity index (χ2v) is 22.1. The first-order chi connectivity index (χ1) is 41.8. The summed E-state index contributed by atoms with van der Waals surface area (Å²) in [5.41, 5.74) is 19.8. The van der Waals surface area contributed by atoms with Crippen molar-refractivity contribution in [3.63, 3.8) is 0 Å². The van der Waals surface area contributed by atoms with E-state index in [1.807, 2.05) is 31.2 Å². The number of H-pyrrole nitrogens is 2. The summed E-state index contributed by atoms with van der Waals surface area (Å²) in [4.78, 5) is 153. The highest BCUT2D eigenvalue weighted by Gasteiger charge is 2.35. The Kier molecular flexibility index (Phi) is 32.0. The van der Waals surface area contributed by atoms with Crippen molar-refractivity contribution >= 4 is 75.4 Å². The van der Waals surface area contributed by atoms with Crippen LogP contribution < -0.4 is 43.8 Å². The van der Waals surface area contributed by atoms with Gasteiger partial charge in [-0.3, -0.25) is 52.9 Å². The van der Waals surface area contributed by atoms with Crippen molar-refractivity contribution in [1.29, 1.82) is 0 Å². The molecular weight excluding hydrogens is 1110 g/mol. The van der Waals surface area contributed by atoms with Gasteiger partial charge in [0.1, 0.15) is 35.5 Å². The van der Waals surface area contributed by atoms with Crippen LogP contribution in [-0.4, -0.2) is 117 Å². The molecule has 4 aromatic rings. The molecule has 0 unspecified atom stereocenters. The Balaban J connectivity index is 0.00000148. The number of hydrogen-bond acceptors (Lipinski definition) is 12. The molecule has 22 nitrogen and oxygen atoms in total. The highest BCUT2D eigenvalue weighted by atomic mass is 16.2. The minimum absolute atomic E-state index is 0.0279. The minimum atomic E-state index is -1.41. The number of amides is 6. The number of fused-ring (bicyclic) bond motifs is 1. The number of carbonyl (C=O) groups is 10. The number of aromatic amines is 2. The van der Waals surface area contributed by atoms with Crippen LogP contribution in [0.25, 0.3) is 10.9 Å². The molecule has 13 N–H and O–H groups in total. The SMILES string of the molecule is CCC=CCCC=CCC.CCCC[C@H](NC(C)=O)C(=O)N[C@H]1CCC(=O)CCC(=O)NCC[C@@H](C(=O)C[C@@H](Cc2c[nH]c3ccccc23)C(N)=O)CC(=O)[C@H](CCCN=C(N)N)CC(=O)[C@@H](Cc2ccccc2)NC(=O)[C@H](Cc2cnc[nH]2)NC1=O. The fourth-order valence-corrected chi connectivity index (χ4v) is 10.2. The molecule has 0 aliphatic carbocycles. The van der Waals surface area contributed by atoms with Gasteiger partial charge in [0.25, 0.3) is 0 Å². The van der Waals surface area contributed by atoms with Crippen LogP contribution in [0.4, 0.5) is 0 Å². The highest BCUT2D eigenvalue weighted by Crippen LogP contribution is 2.27. The molecule has 6 amide bonds. The average Bonchev–Trinajstić information content (AvgIpc) is 2.33. The van der Waals surface area contributed by atoms with Crippen LogP contribution in [0, 0.1) is 17.8 Å². The third kappa shape index (κ3) is 26.7.